The fourth-order valence-corrected chi connectivity index (χ4v) is 1.74. The molecule has 0 aliphatic carbocycles. The summed E-state index contributed by atoms with van der Waals surface area (Å²) in [4.78, 5) is 10.0. The van der Waals surface area contributed by atoms with E-state index in [2.05, 4.69) is 5.32 Å². The van der Waals surface area contributed by atoms with Crippen LogP contribution in [0.2, 0.25) is 0 Å². The van der Waals surface area contributed by atoms with Gasteiger partial charge >= 0.3 is 0 Å². The number of halogens is 2. The van der Waals surface area contributed by atoms with Gasteiger partial charge < -0.3 is 9.73 Å². The second-order valence-electron chi connectivity index (χ2n) is 4.09. The Morgan fingerprint density at radius 3 is 2.55 bits per heavy atom. The number of hydrogen-bond acceptors (Lipinski definition) is 4. The zero-order valence-corrected chi connectivity index (χ0v) is 10.7. The van der Waals surface area contributed by atoms with E-state index in [1.54, 1.807) is 12.1 Å². The van der Waals surface area contributed by atoms with Crippen LogP contribution in [-0.4, -0.2) is 4.92 Å². The van der Waals surface area contributed by atoms with E-state index >= 15 is 0 Å². The van der Waals surface area contributed by atoms with Gasteiger partial charge in [0.1, 0.15) is 11.5 Å². The van der Waals surface area contributed by atoms with Gasteiger partial charge in [-0.15, -0.1) is 0 Å². The maximum atomic E-state index is 13.6. The normalized spacial score (nSPS) is 10.6. The van der Waals surface area contributed by atoms with Gasteiger partial charge in [0.05, 0.1) is 11.5 Å². The molecule has 20 heavy (non-hydrogen) atoms. The van der Waals surface area contributed by atoms with E-state index in [0.29, 0.717) is 12.2 Å². The lowest BCUT2D eigenvalue weighted by Gasteiger charge is -2.07. The van der Waals surface area contributed by atoms with Crippen molar-refractivity contribution in [3.63, 3.8) is 0 Å². The first kappa shape index (κ1) is 14.0. The molecule has 2 rings (SSSR count). The van der Waals surface area contributed by atoms with Gasteiger partial charge in [0, 0.05) is 12.5 Å². The standard InChI is InChI=1S/C13H12F2N2O3/c1-2-8-3-4-9(20-8)7-16-13-11(17(18)19)6-5-10(14)12(13)15/h3-6,16H,2,7H2,1H3. The molecule has 5 nitrogen and oxygen atoms in total. The molecule has 1 heterocycles. The molecule has 1 aromatic heterocycles. The molecular weight excluding hydrogens is 270 g/mol. The van der Waals surface area contributed by atoms with Crippen molar-refractivity contribution in [2.24, 2.45) is 0 Å². The van der Waals surface area contributed by atoms with E-state index in [9.17, 15) is 18.9 Å². The topological polar surface area (TPSA) is 68.3 Å². The molecule has 0 unspecified atom stereocenters. The van der Waals surface area contributed by atoms with E-state index < -0.39 is 27.9 Å². The molecule has 0 saturated carbocycles. The van der Waals surface area contributed by atoms with Crippen molar-refractivity contribution in [3.8, 4) is 0 Å². The molecule has 0 spiro atoms. The largest absolute Gasteiger partial charge is 0.464 e. The maximum Gasteiger partial charge on any atom is 0.295 e. The number of nitro groups is 1. The van der Waals surface area contributed by atoms with Crippen LogP contribution in [0.15, 0.2) is 28.7 Å². The molecule has 0 amide bonds. The highest BCUT2D eigenvalue weighted by molar-refractivity contribution is 5.62. The van der Waals surface area contributed by atoms with Crippen LogP contribution in [0.4, 0.5) is 20.2 Å². The van der Waals surface area contributed by atoms with Gasteiger partial charge in [0.25, 0.3) is 5.69 Å². The molecule has 2 aromatic rings. The summed E-state index contributed by atoms with van der Waals surface area (Å²) in [6.07, 6.45) is 0.703. The minimum absolute atomic E-state index is 0.0290. The highest BCUT2D eigenvalue weighted by Gasteiger charge is 2.21. The first-order valence-electron chi connectivity index (χ1n) is 5.96. The summed E-state index contributed by atoms with van der Waals surface area (Å²) in [6.45, 7) is 1.94. The molecule has 1 N–H and O–H groups in total. The van der Waals surface area contributed by atoms with Crippen molar-refractivity contribution in [2.75, 3.05) is 5.32 Å². The minimum Gasteiger partial charge on any atom is -0.464 e. The van der Waals surface area contributed by atoms with Gasteiger partial charge in [0.15, 0.2) is 17.3 Å². The number of benzene rings is 1. The Kier molecular flexibility index (Phi) is 3.97. The van der Waals surface area contributed by atoms with Crippen LogP contribution in [0.3, 0.4) is 0 Å². The van der Waals surface area contributed by atoms with E-state index in [1.807, 2.05) is 6.92 Å². The summed E-state index contributed by atoms with van der Waals surface area (Å²) in [7, 11) is 0. The van der Waals surface area contributed by atoms with E-state index in [-0.39, 0.29) is 6.54 Å². The van der Waals surface area contributed by atoms with Gasteiger partial charge in [-0.25, -0.2) is 8.78 Å². The third-order valence-corrected chi connectivity index (χ3v) is 2.77. The summed E-state index contributed by atoms with van der Waals surface area (Å²) in [5, 5.41) is 13.3. The Morgan fingerprint density at radius 2 is 1.95 bits per heavy atom. The Balaban J connectivity index is 2.23. The SMILES string of the molecule is CCc1ccc(CNc2c([N+](=O)[O-])ccc(F)c2F)o1. The van der Waals surface area contributed by atoms with Crippen LogP contribution in [0, 0.1) is 21.7 Å². The van der Waals surface area contributed by atoms with Crippen molar-refractivity contribution in [3.05, 3.63) is 57.5 Å². The predicted octanol–water partition coefficient (Wildman–Crippen LogP) is 3.64. The number of nitro benzene ring substituents is 1. The summed E-state index contributed by atoms with van der Waals surface area (Å²) >= 11 is 0. The third kappa shape index (κ3) is 2.76. The smallest absolute Gasteiger partial charge is 0.295 e. The minimum atomic E-state index is -1.28. The molecule has 0 bridgehead atoms. The molecule has 0 aliphatic rings. The van der Waals surface area contributed by atoms with Crippen molar-refractivity contribution in [1.29, 1.82) is 0 Å². The van der Waals surface area contributed by atoms with Crippen molar-refractivity contribution in [1.82, 2.24) is 0 Å². The fourth-order valence-electron chi connectivity index (χ4n) is 1.74. The van der Waals surface area contributed by atoms with Gasteiger partial charge in [0.2, 0.25) is 0 Å². The molecular formula is C13H12F2N2O3. The number of nitrogens with zero attached hydrogens (tertiary/aromatic N) is 1. The Labute approximate surface area is 113 Å². The molecule has 0 saturated heterocycles. The van der Waals surface area contributed by atoms with Crippen molar-refractivity contribution >= 4 is 11.4 Å². The lowest BCUT2D eigenvalue weighted by Crippen LogP contribution is -2.05. The van der Waals surface area contributed by atoms with E-state index in [0.717, 1.165) is 17.9 Å². The van der Waals surface area contributed by atoms with Crippen molar-refractivity contribution in [2.45, 2.75) is 19.9 Å². The number of anilines is 1. The Bertz CT molecular complexity index is 641. The zero-order valence-electron chi connectivity index (χ0n) is 10.7. The van der Waals surface area contributed by atoms with E-state index in [1.165, 1.54) is 0 Å². The molecule has 1 aromatic carbocycles. The van der Waals surface area contributed by atoms with Crippen LogP contribution in [0.1, 0.15) is 18.4 Å². The number of hydrogen-bond donors (Lipinski definition) is 1. The highest BCUT2D eigenvalue weighted by Crippen LogP contribution is 2.29. The van der Waals surface area contributed by atoms with Crippen LogP contribution in [0.5, 0.6) is 0 Å². The van der Waals surface area contributed by atoms with Gasteiger partial charge in [-0.3, -0.25) is 10.1 Å². The highest BCUT2D eigenvalue weighted by atomic mass is 19.2. The molecule has 106 valence electrons. The number of furan rings is 1. The molecule has 0 radical (unpaired) electrons. The lowest BCUT2D eigenvalue weighted by atomic mass is 10.2. The first-order valence-corrected chi connectivity index (χ1v) is 5.96. The predicted molar refractivity (Wildman–Crippen MR) is 68.4 cm³/mol. The van der Waals surface area contributed by atoms with Crippen LogP contribution in [0.25, 0.3) is 0 Å². The Morgan fingerprint density at radius 1 is 1.25 bits per heavy atom. The quantitative estimate of drug-likeness (QED) is 0.671. The fraction of sp³-hybridized carbons (Fsp3) is 0.231. The maximum absolute atomic E-state index is 13.6. The van der Waals surface area contributed by atoms with Crippen LogP contribution in [-0.2, 0) is 13.0 Å². The summed E-state index contributed by atoms with van der Waals surface area (Å²) in [5.74, 6) is -1.19. The average Bonchev–Trinajstić information content (AvgIpc) is 2.88. The van der Waals surface area contributed by atoms with Gasteiger partial charge in [-0.1, -0.05) is 6.92 Å². The van der Waals surface area contributed by atoms with E-state index in [4.69, 9.17) is 4.42 Å². The number of rotatable bonds is 5. The molecule has 0 fully saturated rings. The third-order valence-electron chi connectivity index (χ3n) is 2.77. The number of aryl methyl sites for hydroxylation is 1. The van der Waals surface area contributed by atoms with Crippen LogP contribution < -0.4 is 5.32 Å². The molecule has 0 atom stereocenters. The number of nitrogens with one attached hydrogen (secondary N) is 1. The summed E-state index contributed by atoms with van der Waals surface area (Å²) in [6, 6.07) is 5.07. The van der Waals surface area contributed by atoms with Crippen molar-refractivity contribution < 1.29 is 18.1 Å². The molecule has 7 heteroatoms. The second kappa shape index (κ2) is 5.68. The average molecular weight is 282 g/mol. The monoisotopic (exact) mass is 282 g/mol. The van der Waals surface area contributed by atoms with Crippen LogP contribution >= 0.6 is 0 Å². The van der Waals surface area contributed by atoms with Gasteiger partial charge in [-0.05, 0) is 18.2 Å². The lowest BCUT2D eigenvalue weighted by molar-refractivity contribution is -0.384. The Hall–Kier alpha value is -2.44. The summed E-state index contributed by atoms with van der Waals surface area (Å²) in [5.41, 5.74) is -1.00. The molecule has 0 aliphatic heterocycles. The summed E-state index contributed by atoms with van der Waals surface area (Å²) < 4.78 is 32.1. The first-order chi connectivity index (χ1) is 9.52. The second-order valence-corrected chi connectivity index (χ2v) is 4.09. The zero-order chi connectivity index (χ0) is 14.7. The van der Waals surface area contributed by atoms with Gasteiger partial charge in [-0.2, -0.15) is 0 Å².